The second-order valence-electron chi connectivity index (χ2n) is 6.63. The van der Waals surface area contributed by atoms with Gasteiger partial charge in [0.2, 0.25) is 0 Å². The molecule has 0 atom stereocenters. The molecule has 28 heavy (non-hydrogen) atoms. The molecule has 5 nitrogen and oxygen atoms in total. The fraction of sp³-hybridized carbons (Fsp3) is 0.0909. The van der Waals surface area contributed by atoms with Crippen LogP contribution < -0.4 is 9.96 Å². The van der Waals surface area contributed by atoms with Crippen LogP contribution >= 0.6 is 11.6 Å². The molecule has 140 valence electrons. The van der Waals surface area contributed by atoms with Crippen LogP contribution in [0, 0.1) is 6.92 Å². The van der Waals surface area contributed by atoms with Crippen LogP contribution in [0.2, 0.25) is 5.02 Å². The van der Waals surface area contributed by atoms with Crippen molar-refractivity contribution in [2.45, 2.75) is 13.5 Å². The Kier molecular flexibility index (Phi) is 4.53. The zero-order valence-corrected chi connectivity index (χ0v) is 15.9. The molecule has 6 heteroatoms. The highest BCUT2D eigenvalue weighted by Gasteiger charge is 2.22. The second kappa shape index (κ2) is 7.02. The first kappa shape index (κ1) is 18.1. The van der Waals surface area contributed by atoms with E-state index in [0.717, 1.165) is 22.5 Å². The summed E-state index contributed by atoms with van der Waals surface area (Å²) in [5, 5.41) is 19.5. The van der Waals surface area contributed by atoms with Crippen molar-refractivity contribution in [3.63, 3.8) is 0 Å². The minimum atomic E-state index is -0.113. The topological polar surface area (TPSA) is 66.6 Å². The van der Waals surface area contributed by atoms with Gasteiger partial charge in [-0.1, -0.05) is 23.7 Å². The maximum atomic E-state index is 13.2. The fourth-order valence-electron chi connectivity index (χ4n) is 3.39. The number of pyridine rings is 1. The molecular formula is C22H18ClN2O3+. The predicted molar refractivity (Wildman–Crippen MR) is 108 cm³/mol. The summed E-state index contributed by atoms with van der Waals surface area (Å²) in [5.74, 6) is 0.184. The van der Waals surface area contributed by atoms with Crippen molar-refractivity contribution in [2.75, 3.05) is 0 Å². The Labute approximate surface area is 166 Å². The van der Waals surface area contributed by atoms with E-state index in [1.165, 1.54) is 6.07 Å². The highest BCUT2D eigenvalue weighted by atomic mass is 35.5. The number of phenols is 2. The number of nitrogens with zero attached hydrogens (tertiary/aromatic N) is 2. The van der Waals surface area contributed by atoms with Gasteiger partial charge in [0.1, 0.15) is 18.0 Å². The quantitative estimate of drug-likeness (QED) is 0.522. The molecule has 2 N–H and O–H groups in total. The zero-order valence-electron chi connectivity index (χ0n) is 15.1. The second-order valence-corrected chi connectivity index (χ2v) is 7.03. The first-order chi connectivity index (χ1) is 13.5. The maximum Gasteiger partial charge on any atom is 0.341 e. The molecule has 0 radical (unpaired) electrons. The van der Waals surface area contributed by atoms with Crippen molar-refractivity contribution < 1.29 is 14.6 Å². The Morgan fingerprint density at radius 3 is 2.50 bits per heavy atom. The number of hydrogen-bond acceptors (Lipinski definition) is 3. The molecule has 4 aromatic rings. The van der Waals surface area contributed by atoms with Gasteiger partial charge in [-0.2, -0.15) is 8.97 Å². The lowest BCUT2D eigenvalue weighted by Gasteiger charge is -2.11. The predicted octanol–water partition coefficient (Wildman–Crippen LogP) is 3.68. The van der Waals surface area contributed by atoms with Crippen molar-refractivity contribution in [1.29, 1.82) is 0 Å². The molecule has 0 amide bonds. The minimum absolute atomic E-state index is 0.0101. The number of hydrogen-bond donors (Lipinski definition) is 2. The number of rotatable bonds is 3. The Balaban J connectivity index is 1.95. The van der Waals surface area contributed by atoms with Crippen molar-refractivity contribution in [1.82, 2.24) is 4.57 Å². The van der Waals surface area contributed by atoms with Crippen LogP contribution in [0.3, 0.4) is 0 Å². The lowest BCUT2D eigenvalue weighted by atomic mass is 10.1. The van der Waals surface area contributed by atoms with E-state index >= 15 is 0 Å². The van der Waals surface area contributed by atoms with Crippen molar-refractivity contribution in [3.05, 3.63) is 93.4 Å². The summed E-state index contributed by atoms with van der Waals surface area (Å²) >= 11 is 6.02. The van der Waals surface area contributed by atoms with E-state index in [1.807, 2.05) is 28.8 Å². The Morgan fingerprint density at radius 1 is 1.04 bits per heavy atom. The summed E-state index contributed by atoms with van der Waals surface area (Å²) in [6.45, 7) is 2.12. The van der Waals surface area contributed by atoms with Gasteiger partial charge in [-0.3, -0.25) is 0 Å². The van der Waals surface area contributed by atoms with Crippen LogP contribution in [0.1, 0.15) is 11.1 Å². The number of aromatic hydroxyl groups is 2. The molecule has 0 spiro atoms. The highest BCUT2D eigenvalue weighted by molar-refractivity contribution is 6.32. The standard InChI is InChI=1S/C22H17ClN2O3/c1-14-21(16-6-8-17(26)9-7-16)24-11-3-2-4-20(24)25(22(14)28)13-15-5-10-19(27)18(23)12-15/h2-12H,13H2,1H3,(H-,26,27,28)/p+1. The molecule has 0 unspecified atom stereocenters. The molecule has 4 rings (SSSR count). The lowest BCUT2D eigenvalue weighted by molar-refractivity contribution is -0.504. The largest absolute Gasteiger partial charge is 0.508 e. The summed E-state index contributed by atoms with van der Waals surface area (Å²) in [7, 11) is 0. The SMILES string of the molecule is Cc1c(-c2ccc(O)cc2)[n+]2ccccc2n(Cc2ccc(O)c(Cl)c2)c1=O. The molecule has 0 aliphatic carbocycles. The average molecular weight is 394 g/mol. The van der Waals surface area contributed by atoms with Crippen LogP contribution in [0.25, 0.3) is 16.9 Å². The Morgan fingerprint density at radius 2 is 1.79 bits per heavy atom. The zero-order chi connectivity index (χ0) is 19.8. The normalized spacial score (nSPS) is 11.1. The number of aromatic nitrogens is 2. The van der Waals surface area contributed by atoms with Gasteiger partial charge < -0.3 is 10.2 Å². The van der Waals surface area contributed by atoms with E-state index in [0.29, 0.717) is 12.1 Å². The van der Waals surface area contributed by atoms with Gasteiger partial charge in [0.25, 0.3) is 5.65 Å². The summed E-state index contributed by atoms with van der Waals surface area (Å²) in [5.41, 5.74) is 3.64. The molecule has 0 aliphatic heterocycles. The Hall–Kier alpha value is -3.31. The van der Waals surface area contributed by atoms with Crippen LogP contribution in [0.5, 0.6) is 11.5 Å². The van der Waals surface area contributed by atoms with Gasteiger partial charge in [-0.25, -0.2) is 4.79 Å². The van der Waals surface area contributed by atoms with Gasteiger partial charge >= 0.3 is 5.56 Å². The summed E-state index contributed by atoms with van der Waals surface area (Å²) in [6, 6.07) is 17.4. The summed E-state index contributed by atoms with van der Waals surface area (Å²) in [4.78, 5) is 13.2. The van der Waals surface area contributed by atoms with Crippen molar-refractivity contribution >= 4 is 17.2 Å². The Bertz CT molecular complexity index is 1250. The monoisotopic (exact) mass is 393 g/mol. The van der Waals surface area contributed by atoms with E-state index in [9.17, 15) is 15.0 Å². The smallest absolute Gasteiger partial charge is 0.341 e. The molecule has 2 aromatic carbocycles. The maximum absolute atomic E-state index is 13.2. The van der Waals surface area contributed by atoms with Gasteiger partial charge in [-0.05, 0) is 55.0 Å². The molecule has 0 fully saturated rings. The minimum Gasteiger partial charge on any atom is -0.508 e. The fourth-order valence-corrected chi connectivity index (χ4v) is 3.59. The van der Waals surface area contributed by atoms with Gasteiger partial charge in [0.05, 0.1) is 16.8 Å². The molecule has 0 saturated heterocycles. The number of benzene rings is 2. The third-order valence-electron chi connectivity index (χ3n) is 4.77. The van der Waals surface area contributed by atoms with Crippen molar-refractivity contribution in [2.24, 2.45) is 0 Å². The van der Waals surface area contributed by atoms with Gasteiger partial charge in [-0.15, -0.1) is 0 Å². The molecule has 0 bridgehead atoms. The third-order valence-corrected chi connectivity index (χ3v) is 5.07. The molecule has 2 aromatic heterocycles. The lowest BCUT2D eigenvalue weighted by Crippen LogP contribution is -2.38. The summed E-state index contributed by atoms with van der Waals surface area (Å²) < 4.78 is 3.65. The highest BCUT2D eigenvalue weighted by Crippen LogP contribution is 2.25. The first-order valence-electron chi connectivity index (χ1n) is 8.76. The van der Waals surface area contributed by atoms with E-state index in [-0.39, 0.29) is 22.1 Å². The molecule has 2 heterocycles. The molecular weight excluding hydrogens is 376 g/mol. The summed E-state index contributed by atoms with van der Waals surface area (Å²) in [6.07, 6.45) is 1.91. The molecule has 0 saturated carbocycles. The third kappa shape index (κ3) is 3.10. The van der Waals surface area contributed by atoms with Crippen LogP contribution in [-0.4, -0.2) is 14.8 Å². The average Bonchev–Trinajstić information content (AvgIpc) is 2.69. The van der Waals surface area contributed by atoms with E-state index in [1.54, 1.807) is 47.9 Å². The van der Waals surface area contributed by atoms with Crippen LogP contribution in [0.15, 0.2) is 71.7 Å². The van der Waals surface area contributed by atoms with E-state index in [2.05, 4.69) is 0 Å². The van der Waals surface area contributed by atoms with E-state index < -0.39 is 0 Å². The van der Waals surface area contributed by atoms with Gasteiger partial charge in [0.15, 0.2) is 5.69 Å². The number of fused-ring (bicyclic) bond motifs is 1. The number of halogens is 1. The number of phenolic OH excluding ortho intramolecular Hbond substituents is 2. The van der Waals surface area contributed by atoms with Crippen LogP contribution in [0.4, 0.5) is 0 Å². The van der Waals surface area contributed by atoms with Gasteiger partial charge in [0, 0.05) is 11.6 Å². The van der Waals surface area contributed by atoms with Crippen LogP contribution in [-0.2, 0) is 6.54 Å². The van der Waals surface area contributed by atoms with E-state index in [4.69, 9.17) is 11.6 Å². The van der Waals surface area contributed by atoms with Crippen molar-refractivity contribution in [3.8, 4) is 22.8 Å². The first-order valence-corrected chi connectivity index (χ1v) is 9.14. The molecule has 0 aliphatic rings.